The van der Waals surface area contributed by atoms with Crippen molar-refractivity contribution in [1.29, 1.82) is 0 Å². The molecule has 45 heavy (non-hydrogen) atoms. The normalized spacial score (nSPS) is 12.3. The fourth-order valence-electron chi connectivity index (χ4n) is 7.84. The van der Waals surface area contributed by atoms with E-state index < -0.39 is 10.8 Å². The summed E-state index contributed by atoms with van der Waals surface area (Å²) < 4.78 is 0. The van der Waals surface area contributed by atoms with Crippen LogP contribution >= 0.6 is 0 Å². The Morgan fingerprint density at radius 3 is 0.778 bits per heavy atom. The molecule has 0 N–H and O–H groups in total. The first-order valence-electron chi connectivity index (χ1n) is 16.2. The third-order valence-corrected chi connectivity index (χ3v) is 9.89. The topological polar surface area (TPSA) is 13.0 Å². The lowest BCUT2D eigenvalue weighted by molar-refractivity contribution is 0.101. The van der Waals surface area contributed by atoms with Crippen molar-refractivity contribution >= 4 is 22.7 Å². The molecule has 4 aromatic carbocycles. The Morgan fingerprint density at radius 1 is 0.378 bits per heavy atom. The first kappa shape index (κ1) is 34.0. The van der Waals surface area contributed by atoms with Crippen LogP contribution in [-0.2, 0) is 10.8 Å². The van der Waals surface area contributed by atoms with Crippen molar-refractivity contribution < 1.29 is 0 Å². The number of anilines is 4. The maximum absolute atomic E-state index is 2.44. The van der Waals surface area contributed by atoms with Crippen molar-refractivity contribution in [2.75, 3.05) is 76.0 Å². The summed E-state index contributed by atoms with van der Waals surface area (Å²) in [6, 6.07) is 37.4. The van der Waals surface area contributed by atoms with Crippen LogP contribution in [0.1, 0.15) is 56.9 Å². The Kier molecular flexibility index (Phi) is 9.68. The molecule has 4 nitrogen and oxygen atoms in total. The van der Waals surface area contributed by atoms with Gasteiger partial charge in [-0.1, -0.05) is 83.1 Å². The molecule has 4 aromatic rings. The van der Waals surface area contributed by atoms with Gasteiger partial charge in [-0.3, -0.25) is 0 Å². The van der Waals surface area contributed by atoms with Gasteiger partial charge in [-0.2, -0.15) is 0 Å². The van der Waals surface area contributed by atoms with Crippen molar-refractivity contribution in [3.63, 3.8) is 0 Å². The predicted molar refractivity (Wildman–Crippen MR) is 199 cm³/mol. The molecule has 0 spiro atoms. The van der Waals surface area contributed by atoms with E-state index in [4.69, 9.17) is 0 Å². The quantitative estimate of drug-likeness (QED) is 0.179. The fraction of sp³-hybridized carbons (Fsp3) is 0.415. The molecule has 0 atom stereocenters. The maximum Gasteiger partial charge on any atom is 0.0390 e. The van der Waals surface area contributed by atoms with E-state index in [0.29, 0.717) is 0 Å². The highest BCUT2D eigenvalue weighted by atomic mass is 15.1. The summed E-state index contributed by atoms with van der Waals surface area (Å²) in [7, 11) is 16.9. The molecule has 0 aliphatic heterocycles. The predicted octanol–water partition coefficient (Wildman–Crippen LogP) is 8.93. The summed E-state index contributed by atoms with van der Waals surface area (Å²) >= 11 is 0. The Bertz CT molecular complexity index is 1420. The van der Waals surface area contributed by atoms with Gasteiger partial charge < -0.3 is 19.6 Å². The van der Waals surface area contributed by atoms with Gasteiger partial charge in [0.25, 0.3) is 0 Å². The molecular formula is C41H56N4. The molecule has 240 valence electrons. The molecule has 0 heterocycles. The van der Waals surface area contributed by atoms with Crippen LogP contribution in [0.2, 0.25) is 0 Å². The zero-order chi connectivity index (χ0) is 33.3. The van der Waals surface area contributed by atoms with Crippen LogP contribution in [0.3, 0.4) is 0 Å². The highest BCUT2D eigenvalue weighted by Gasteiger charge is 2.62. The largest absolute Gasteiger partial charge is 0.378 e. The van der Waals surface area contributed by atoms with Crippen LogP contribution in [0, 0.1) is 11.3 Å². The van der Waals surface area contributed by atoms with Crippen molar-refractivity contribution in [2.45, 2.75) is 45.4 Å². The minimum Gasteiger partial charge on any atom is -0.378 e. The molecule has 4 rings (SSSR count). The third kappa shape index (κ3) is 5.80. The van der Waals surface area contributed by atoms with E-state index in [2.05, 4.69) is 208 Å². The van der Waals surface area contributed by atoms with Gasteiger partial charge in [-0.15, -0.1) is 0 Å². The van der Waals surface area contributed by atoms with E-state index >= 15 is 0 Å². The number of nitrogens with zero attached hydrogens (tertiary/aromatic N) is 4. The molecular weight excluding hydrogens is 548 g/mol. The summed E-state index contributed by atoms with van der Waals surface area (Å²) in [4.78, 5) is 8.74. The van der Waals surface area contributed by atoms with E-state index in [0.717, 1.165) is 0 Å². The highest BCUT2D eigenvalue weighted by molar-refractivity contribution is 5.63. The smallest absolute Gasteiger partial charge is 0.0390 e. The Balaban J connectivity index is 2.28. The first-order valence-corrected chi connectivity index (χ1v) is 16.2. The van der Waals surface area contributed by atoms with Gasteiger partial charge >= 0.3 is 0 Å². The molecule has 0 fully saturated rings. The Morgan fingerprint density at radius 2 is 0.600 bits per heavy atom. The number of hydrogen-bond donors (Lipinski definition) is 0. The van der Waals surface area contributed by atoms with Crippen LogP contribution in [0.5, 0.6) is 0 Å². The molecule has 0 saturated carbocycles. The fourth-order valence-corrected chi connectivity index (χ4v) is 7.84. The second-order valence-electron chi connectivity index (χ2n) is 14.7. The van der Waals surface area contributed by atoms with Gasteiger partial charge in [0.2, 0.25) is 0 Å². The molecule has 0 amide bonds. The molecule has 0 saturated heterocycles. The van der Waals surface area contributed by atoms with Crippen LogP contribution in [-0.4, -0.2) is 56.4 Å². The van der Waals surface area contributed by atoms with Gasteiger partial charge in [0.1, 0.15) is 0 Å². The van der Waals surface area contributed by atoms with Gasteiger partial charge in [0, 0.05) is 90.0 Å². The molecule has 0 bridgehead atoms. The number of hydrogen-bond acceptors (Lipinski definition) is 4. The van der Waals surface area contributed by atoms with E-state index in [9.17, 15) is 0 Å². The summed E-state index contributed by atoms with van der Waals surface area (Å²) in [6.45, 7) is 12.1. The minimum atomic E-state index is -0.469. The van der Waals surface area contributed by atoms with E-state index in [1.807, 2.05) is 0 Å². The van der Waals surface area contributed by atoms with Crippen LogP contribution in [0.4, 0.5) is 22.7 Å². The van der Waals surface area contributed by atoms with Gasteiger partial charge in [-0.25, -0.2) is 0 Å². The summed E-state index contributed by atoms with van der Waals surface area (Å²) in [5.74, 6) is 0.231. The number of rotatable bonds is 10. The van der Waals surface area contributed by atoms with Gasteiger partial charge in [0.15, 0.2) is 0 Å². The molecule has 0 aliphatic rings. The lowest BCUT2D eigenvalue weighted by Crippen LogP contribution is -2.60. The van der Waals surface area contributed by atoms with Crippen molar-refractivity contribution in [1.82, 2.24) is 0 Å². The molecule has 4 heteroatoms. The average Bonchev–Trinajstić information content (AvgIpc) is 2.99. The third-order valence-electron chi connectivity index (χ3n) is 9.89. The number of benzene rings is 4. The zero-order valence-electron chi connectivity index (χ0n) is 30.1. The molecule has 0 radical (unpaired) electrons. The highest BCUT2D eigenvalue weighted by Crippen LogP contribution is 2.64. The Hall–Kier alpha value is -3.92. The standard InChI is InChI=1S/C41H56N4/c1-30(2)40(31-14-22-35(23-15-31)42(6)7,32-16-24-36(25-17-32)43(8)9)41(39(3,4)5,33-18-26-37(27-19-33)44(10)11)34-20-28-38(29-21-34)45(12)13/h14-30H,1-13H3. The monoisotopic (exact) mass is 604 g/mol. The van der Waals surface area contributed by atoms with Gasteiger partial charge in [-0.05, 0) is 82.1 Å². The molecule has 0 unspecified atom stereocenters. The maximum atomic E-state index is 2.44. The van der Waals surface area contributed by atoms with E-state index in [1.54, 1.807) is 0 Å². The van der Waals surface area contributed by atoms with Crippen molar-refractivity contribution in [2.24, 2.45) is 11.3 Å². The van der Waals surface area contributed by atoms with E-state index in [1.165, 1.54) is 45.0 Å². The van der Waals surface area contributed by atoms with Gasteiger partial charge in [0.05, 0.1) is 0 Å². The minimum absolute atomic E-state index is 0.211. The second-order valence-corrected chi connectivity index (χ2v) is 14.7. The van der Waals surface area contributed by atoms with Crippen LogP contribution in [0.25, 0.3) is 0 Å². The summed E-state index contributed by atoms with van der Waals surface area (Å²) in [5, 5.41) is 0. The van der Waals surface area contributed by atoms with Crippen molar-refractivity contribution in [3.05, 3.63) is 119 Å². The average molecular weight is 605 g/mol. The lowest BCUT2D eigenvalue weighted by Gasteiger charge is -2.61. The van der Waals surface area contributed by atoms with Crippen LogP contribution < -0.4 is 19.6 Å². The molecule has 0 aliphatic carbocycles. The Labute approximate surface area is 274 Å². The zero-order valence-corrected chi connectivity index (χ0v) is 30.1. The first-order chi connectivity index (χ1) is 21.1. The molecule has 0 aromatic heterocycles. The summed E-state index contributed by atoms with van der Waals surface area (Å²) in [6.07, 6.45) is 0. The lowest BCUT2D eigenvalue weighted by atomic mass is 9.41. The second kappa shape index (κ2) is 12.8. The SMILES string of the molecule is CC(C)C(c1ccc(N(C)C)cc1)(c1ccc(N(C)C)cc1)C(c1ccc(N(C)C)cc1)(c1ccc(N(C)C)cc1)C(C)(C)C. The summed E-state index contributed by atoms with van der Waals surface area (Å²) in [5.41, 5.74) is 8.96. The van der Waals surface area contributed by atoms with Crippen molar-refractivity contribution in [3.8, 4) is 0 Å². The van der Waals surface area contributed by atoms with E-state index in [-0.39, 0.29) is 11.3 Å². The van der Waals surface area contributed by atoms with Crippen LogP contribution in [0.15, 0.2) is 97.1 Å².